The highest BCUT2D eigenvalue weighted by atomic mass is 79.9. The molecule has 0 spiro atoms. The van der Waals surface area contributed by atoms with E-state index in [1.807, 2.05) is 30.3 Å². The predicted octanol–water partition coefficient (Wildman–Crippen LogP) is 4.57. The van der Waals surface area contributed by atoms with Crippen LogP contribution in [0.2, 0.25) is 0 Å². The number of thiocarbonyl (C=S) groups is 1. The first-order chi connectivity index (χ1) is 14.3. The minimum atomic E-state index is -3.66. The largest absolute Gasteiger partial charge is 0.358 e. The van der Waals surface area contributed by atoms with Gasteiger partial charge in [-0.05, 0) is 71.9 Å². The third kappa shape index (κ3) is 6.32. The fraction of sp³-hybridized carbons (Fsp3) is 0.100. The van der Waals surface area contributed by atoms with Crippen LogP contribution in [0, 0.1) is 0 Å². The Kier molecular flexibility index (Phi) is 7.95. The smallest absolute Gasteiger partial charge is 0.240 e. The van der Waals surface area contributed by atoms with Gasteiger partial charge in [-0.25, -0.2) is 13.1 Å². The predicted molar refractivity (Wildman–Crippen MR) is 130 cm³/mol. The van der Waals surface area contributed by atoms with Crippen molar-refractivity contribution in [2.75, 3.05) is 5.32 Å². The highest BCUT2D eigenvalue weighted by molar-refractivity contribution is 9.11. The molecule has 0 aliphatic heterocycles. The van der Waals surface area contributed by atoms with Crippen molar-refractivity contribution in [2.24, 2.45) is 0 Å². The first kappa shape index (κ1) is 22.8. The Morgan fingerprint density at radius 3 is 2.20 bits per heavy atom. The average Bonchev–Trinajstić information content (AvgIpc) is 2.73. The van der Waals surface area contributed by atoms with Crippen molar-refractivity contribution in [3.05, 3.63) is 87.1 Å². The minimum absolute atomic E-state index is 0.160. The second kappa shape index (κ2) is 10.5. The minimum Gasteiger partial charge on any atom is -0.358 e. The van der Waals surface area contributed by atoms with Crippen LogP contribution in [0.5, 0.6) is 0 Å². The van der Waals surface area contributed by atoms with Gasteiger partial charge in [0.1, 0.15) is 0 Å². The van der Waals surface area contributed by atoms with Crippen LogP contribution in [0.3, 0.4) is 0 Å². The Bertz CT molecular complexity index is 1110. The zero-order valence-corrected chi connectivity index (χ0v) is 20.4. The lowest BCUT2D eigenvalue weighted by molar-refractivity contribution is 0.581. The van der Waals surface area contributed by atoms with Gasteiger partial charge in [-0.1, -0.05) is 37.9 Å². The van der Waals surface area contributed by atoms with Gasteiger partial charge in [0.05, 0.1) is 4.90 Å². The molecule has 6 nitrogen and oxygen atoms in total. The van der Waals surface area contributed by atoms with Crippen LogP contribution in [-0.4, -0.2) is 18.5 Å². The number of hydrogen-bond acceptors (Lipinski definition) is 4. The van der Waals surface area contributed by atoms with Gasteiger partial charge in [-0.3, -0.25) is 4.98 Å². The molecule has 0 aliphatic rings. The molecule has 0 saturated heterocycles. The molecule has 2 aromatic carbocycles. The molecule has 1 heterocycles. The van der Waals surface area contributed by atoms with Crippen LogP contribution in [0.4, 0.5) is 5.69 Å². The van der Waals surface area contributed by atoms with Gasteiger partial charge in [-0.15, -0.1) is 0 Å². The van der Waals surface area contributed by atoms with E-state index in [1.165, 1.54) is 12.1 Å². The Balaban J connectivity index is 1.58. The summed E-state index contributed by atoms with van der Waals surface area (Å²) in [6.45, 7) is 0.725. The summed E-state index contributed by atoms with van der Waals surface area (Å²) in [5.41, 5.74) is 2.57. The number of sulfonamides is 1. The number of aromatic nitrogens is 1. The van der Waals surface area contributed by atoms with Gasteiger partial charge in [0.2, 0.25) is 10.0 Å². The zero-order valence-electron chi connectivity index (χ0n) is 15.6. The number of nitrogens with zero attached hydrogens (tertiary/aromatic N) is 1. The molecule has 0 aliphatic carbocycles. The maximum absolute atomic E-state index is 12.6. The zero-order chi connectivity index (χ0) is 21.6. The van der Waals surface area contributed by atoms with Gasteiger partial charge in [0.25, 0.3) is 0 Å². The van der Waals surface area contributed by atoms with Crippen LogP contribution in [0.25, 0.3) is 0 Å². The third-order valence-electron chi connectivity index (χ3n) is 4.13. The number of rotatable bonds is 7. The molecule has 3 rings (SSSR count). The van der Waals surface area contributed by atoms with E-state index in [1.54, 1.807) is 24.5 Å². The lowest BCUT2D eigenvalue weighted by Crippen LogP contribution is -2.28. The quantitative estimate of drug-likeness (QED) is 0.361. The molecule has 3 N–H and O–H groups in total. The molecule has 30 heavy (non-hydrogen) atoms. The van der Waals surface area contributed by atoms with E-state index in [4.69, 9.17) is 12.2 Å². The van der Waals surface area contributed by atoms with Crippen molar-refractivity contribution in [1.29, 1.82) is 0 Å². The molecule has 0 saturated carbocycles. The fourth-order valence-corrected chi connectivity index (χ4v) is 4.99. The number of nitrogens with one attached hydrogen (secondary N) is 3. The highest BCUT2D eigenvalue weighted by Crippen LogP contribution is 2.25. The summed E-state index contributed by atoms with van der Waals surface area (Å²) >= 11 is 12.2. The molecule has 0 fully saturated rings. The molecule has 0 unspecified atom stereocenters. The summed E-state index contributed by atoms with van der Waals surface area (Å²) in [5, 5.41) is 6.58. The standard InChI is InChI=1S/C20H18Br2N4O2S2/c21-18-2-1-3-19(22)17(18)13-25-30(27,28)16-6-4-15(5-7-16)26-20(29)24-12-14-8-10-23-11-9-14/h1-11,25H,12-13H2,(H2,24,26,29). The molecule has 0 bridgehead atoms. The van der Waals surface area contributed by atoms with Gasteiger partial charge in [0.15, 0.2) is 5.11 Å². The Hall–Kier alpha value is -1.85. The number of halogens is 2. The fourth-order valence-electron chi connectivity index (χ4n) is 2.53. The van der Waals surface area contributed by atoms with Gasteiger partial charge >= 0.3 is 0 Å². The summed E-state index contributed by atoms with van der Waals surface area (Å²) in [4.78, 5) is 4.14. The van der Waals surface area contributed by atoms with E-state index < -0.39 is 10.0 Å². The van der Waals surface area contributed by atoms with E-state index in [-0.39, 0.29) is 11.4 Å². The molecule has 0 radical (unpaired) electrons. The normalized spacial score (nSPS) is 11.1. The van der Waals surface area contributed by atoms with Crippen LogP contribution < -0.4 is 15.4 Å². The summed E-state index contributed by atoms with van der Waals surface area (Å²) in [6.07, 6.45) is 3.44. The average molecular weight is 570 g/mol. The molecule has 3 aromatic rings. The maximum Gasteiger partial charge on any atom is 0.240 e. The van der Waals surface area contributed by atoms with Crippen LogP contribution in [0.1, 0.15) is 11.1 Å². The van der Waals surface area contributed by atoms with Crippen molar-refractivity contribution >= 4 is 64.9 Å². The van der Waals surface area contributed by atoms with Crippen molar-refractivity contribution in [2.45, 2.75) is 18.0 Å². The van der Waals surface area contributed by atoms with E-state index in [9.17, 15) is 8.42 Å². The van der Waals surface area contributed by atoms with Crippen LogP contribution >= 0.6 is 44.1 Å². The monoisotopic (exact) mass is 568 g/mol. The summed E-state index contributed by atoms with van der Waals surface area (Å²) in [6, 6.07) is 15.8. The molecular weight excluding hydrogens is 552 g/mol. The first-order valence-corrected chi connectivity index (χ1v) is 12.3. The summed E-state index contributed by atoms with van der Waals surface area (Å²) in [7, 11) is -3.66. The Morgan fingerprint density at radius 2 is 1.57 bits per heavy atom. The molecule has 0 atom stereocenters. The topological polar surface area (TPSA) is 83.1 Å². The number of benzene rings is 2. The molecular formula is C20H18Br2N4O2S2. The Labute approximate surface area is 197 Å². The molecule has 1 aromatic heterocycles. The number of anilines is 1. The van der Waals surface area contributed by atoms with E-state index in [0.29, 0.717) is 17.3 Å². The lowest BCUT2D eigenvalue weighted by Gasteiger charge is -2.12. The van der Waals surface area contributed by atoms with E-state index in [0.717, 1.165) is 20.1 Å². The Morgan fingerprint density at radius 1 is 0.933 bits per heavy atom. The van der Waals surface area contributed by atoms with Crippen LogP contribution in [-0.2, 0) is 23.1 Å². The first-order valence-electron chi connectivity index (χ1n) is 8.81. The molecule has 10 heteroatoms. The van der Waals surface area contributed by atoms with Crippen LogP contribution in [0.15, 0.2) is 80.8 Å². The summed E-state index contributed by atoms with van der Waals surface area (Å²) in [5.74, 6) is 0. The second-order valence-electron chi connectivity index (χ2n) is 6.21. The molecule has 0 amide bonds. The number of pyridine rings is 1. The number of hydrogen-bond donors (Lipinski definition) is 3. The second-order valence-corrected chi connectivity index (χ2v) is 10.1. The van der Waals surface area contributed by atoms with Crippen molar-refractivity contribution in [3.63, 3.8) is 0 Å². The maximum atomic E-state index is 12.6. The molecule has 156 valence electrons. The highest BCUT2D eigenvalue weighted by Gasteiger charge is 2.15. The SMILES string of the molecule is O=S(=O)(NCc1c(Br)cccc1Br)c1ccc(NC(=S)NCc2ccncc2)cc1. The third-order valence-corrected chi connectivity index (χ3v) is 7.28. The van der Waals surface area contributed by atoms with Crippen molar-refractivity contribution in [1.82, 2.24) is 15.0 Å². The van der Waals surface area contributed by atoms with Crippen molar-refractivity contribution in [3.8, 4) is 0 Å². The van der Waals surface area contributed by atoms with Gasteiger partial charge < -0.3 is 10.6 Å². The van der Waals surface area contributed by atoms with Gasteiger partial charge in [0, 0.05) is 40.1 Å². The van der Waals surface area contributed by atoms with E-state index in [2.05, 4.69) is 52.2 Å². The van der Waals surface area contributed by atoms with Crippen molar-refractivity contribution < 1.29 is 8.42 Å². The lowest BCUT2D eigenvalue weighted by atomic mass is 10.2. The van der Waals surface area contributed by atoms with E-state index >= 15 is 0 Å². The van der Waals surface area contributed by atoms with Gasteiger partial charge in [-0.2, -0.15) is 0 Å². The summed E-state index contributed by atoms with van der Waals surface area (Å²) < 4.78 is 29.5.